The maximum absolute atomic E-state index is 10.1. The summed E-state index contributed by atoms with van der Waals surface area (Å²) >= 11 is 0. The molecule has 0 aliphatic rings. The molecule has 20 heavy (non-hydrogen) atoms. The summed E-state index contributed by atoms with van der Waals surface area (Å²) in [6.45, 7) is 0.324. The van der Waals surface area contributed by atoms with Crippen molar-refractivity contribution in [3.05, 3.63) is 29.8 Å². The van der Waals surface area contributed by atoms with Gasteiger partial charge in [-0.1, -0.05) is 44.2 Å². The number of carboxylic acid groups (broad SMARTS) is 1. The molecule has 112 valence electrons. The van der Waals surface area contributed by atoms with E-state index in [1.807, 2.05) is 18.2 Å². The zero-order valence-electron chi connectivity index (χ0n) is 12.0. The summed E-state index contributed by atoms with van der Waals surface area (Å²) in [5.41, 5.74) is 7.89. The standard InChI is InChI=1S/C16H25NO3/c17-15-11-8-10-14(13-15)9-6-4-2-1-3-5-7-12-20-16(18)19/h8,10-11,13H,1-7,9,12,17H2,(H,18,19). The number of ether oxygens (including phenoxy) is 1. The summed E-state index contributed by atoms with van der Waals surface area (Å²) in [5.74, 6) is 0. The maximum atomic E-state index is 10.1. The summed E-state index contributed by atoms with van der Waals surface area (Å²) in [7, 11) is 0. The number of rotatable bonds is 10. The van der Waals surface area contributed by atoms with Crippen molar-refractivity contribution in [2.45, 2.75) is 51.4 Å². The number of hydrogen-bond donors (Lipinski definition) is 2. The van der Waals surface area contributed by atoms with E-state index in [2.05, 4.69) is 10.8 Å². The lowest BCUT2D eigenvalue weighted by Gasteiger charge is -2.04. The predicted octanol–water partition coefficient (Wildman–Crippen LogP) is 4.24. The van der Waals surface area contributed by atoms with E-state index in [1.54, 1.807) is 0 Å². The van der Waals surface area contributed by atoms with Gasteiger partial charge in [-0.2, -0.15) is 0 Å². The molecule has 0 radical (unpaired) electrons. The average Bonchev–Trinajstić information content (AvgIpc) is 2.40. The van der Waals surface area contributed by atoms with Crippen LogP contribution in [-0.4, -0.2) is 17.9 Å². The Kier molecular flexibility index (Phi) is 8.27. The van der Waals surface area contributed by atoms with Gasteiger partial charge in [0.1, 0.15) is 0 Å². The second-order valence-electron chi connectivity index (χ2n) is 5.08. The van der Waals surface area contributed by atoms with E-state index in [1.165, 1.54) is 31.2 Å². The van der Waals surface area contributed by atoms with Crippen molar-refractivity contribution in [2.75, 3.05) is 12.3 Å². The summed E-state index contributed by atoms with van der Waals surface area (Å²) in [6.07, 6.45) is 7.83. The van der Waals surface area contributed by atoms with E-state index < -0.39 is 6.16 Å². The number of carbonyl (C=O) groups is 1. The molecule has 0 aliphatic heterocycles. The number of hydrogen-bond acceptors (Lipinski definition) is 3. The molecule has 0 heterocycles. The second kappa shape index (κ2) is 10.1. The molecular weight excluding hydrogens is 254 g/mol. The van der Waals surface area contributed by atoms with Crippen molar-refractivity contribution in [3.63, 3.8) is 0 Å². The first kappa shape index (κ1) is 16.3. The van der Waals surface area contributed by atoms with Gasteiger partial charge in [0.15, 0.2) is 0 Å². The molecule has 0 bridgehead atoms. The molecule has 4 nitrogen and oxygen atoms in total. The Hall–Kier alpha value is -1.71. The fourth-order valence-electron chi connectivity index (χ4n) is 2.22. The Balaban J connectivity index is 1.89. The minimum Gasteiger partial charge on any atom is -0.450 e. The number of nitrogen functional groups attached to an aromatic ring is 1. The highest BCUT2D eigenvalue weighted by Gasteiger charge is 1.97. The van der Waals surface area contributed by atoms with Crippen molar-refractivity contribution in [3.8, 4) is 0 Å². The van der Waals surface area contributed by atoms with Crippen LogP contribution in [0.25, 0.3) is 0 Å². The molecule has 0 unspecified atom stereocenters. The van der Waals surface area contributed by atoms with Crippen molar-refractivity contribution in [2.24, 2.45) is 0 Å². The van der Waals surface area contributed by atoms with Gasteiger partial charge in [-0.25, -0.2) is 4.79 Å². The van der Waals surface area contributed by atoms with Gasteiger partial charge in [0.2, 0.25) is 0 Å². The van der Waals surface area contributed by atoms with Crippen LogP contribution >= 0.6 is 0 Å². The van der Waals surface area contributed by atoms with Gasteiger partial charge in [-0.05, 0) is 37.0 Å². The van der Waals surface area contributed by atoms with Crippen LogP contribution in [0.2, 0.25) is 0 Å². The molecule has 0 saturated heterocycles. The van der Waals surface area contributed by atoms with Crippen molar-refractivity contribution in [1.29, 1.82) is 0 Å². The van der Waals surface area contributed by atoms with E-state index in [9.17, 15) is 4.79 Å². The predicted molar refractivity (Wildman–Crippen MR) is 80.9 cm³/mol. The summed E-state index contributed by atoms with van der Waals surface area (Å²) in [6, 6.07) is 8.09. The van der Waals surface area contributed by atoms with Gasteiger partial charge < -0.3 is 15.6 Å². The molecule has 0 fully saturated rings. The number of nitrogens with two attached hydrogens (primary N) is 1. The topological polar surface area (TPSA) is 72.5 Å². The van der Waals surface area contributed by atoms with Crippen LogP contribution in [-0.2, 0) is 11.2 Å². The Labute approximate surface area is 120 Å². The third-order valence-electron chi connectivity index (χ3n) is 3.29. The molecule has 3 N–H and O–H groups in total. The molecule has 1 aromatic rings. The first-order valence-corrected chi connectivity index (χ1v) is 7.38. The SMILES string of the molecule is Nc1cccc(CCCCCCCCCOC(=O)O)c1. The summed E-state index contributed by atoms with van der Waals surface area (Å²) in [4.78, 5) is 10.1. The van der Waals surface area contributed by atoms with Crippen molar-refractivity contribution in [1.82, 2.24) is 0 Å². The number of benzene rings is 1. The Morgan fingerprint density at radius 1 is 1.05 bits per heavy atom. The third-order valence-corrected chi connectivity index (χ3v) is 3.29. The molecule has 0 aliphatic carbocycles. The van der Waals surface area contributed by atoms with Crippen molar-refractivity contribution < 1.29 is 14.6 Å². The van der Waals surface area contributed by atoms with Gasteiger partial charge in [0.25, 0.3) is 0 Å². The van der Waals surface area contributed by atoms with Crippen LogP contribution in [0.3, 0.4) is 0 Å². The molecule has 0 saturated carbocycles. The van der Waals surface area contributed by atoms with Crippen LogP contribution in [0.4, 0.5) is 10.5 Å². The Morgan fingerprint density at radius 2 is 1.70 bits per heavy atom. The van der Waals surface area contributed by atoms with E-state index >= 15 is 0 Å². The molecule has 0 aromatic heterocycles. The fraction of sp³-hybridized carbons (Fsp3) is 0.562. The minimum absolute atomic E-state index is 0.324. The van der Waals surface area contributed by atoms with Gasteiger partial charge in [0, 0.05) is 5.69 Å². The minimum atomic E-state index is -1.17. The van der Waals surface area contributed by atoms with E-state index in [0.717, 1.165) is 31.4 Å². The van der Waals surface area contributed by atoms with E-state index in [0.29, 0.717) is 6.61 Å². The van der Waals surface area contributed by atoms with Crippen LogP contribution in [0.5, 0.6) is 0 Å². The molecule has 4 heteroatoms. The second-order valence-corrected chi connectivity index (χ2v) is 5.08. The first-order valence-electron chi connectivity index (χ1n) is 7.38. The van der Waals surface area contributed by atoms with Crippen molar-refractivity contribution >= 4 is 11.8 Å². The monoisotopic (exact) mass is 279 g/mol. The smallest absolute Gasteiger partial charge is 0.450 e. The van der Waals surface area contributed by atoms with E-state index in [-0.39, 0.29) is 0 Å². The molecule has 0 atom stereocenters. The van der Waals surface area contributed by atoms with Gasteiger partial charge in [-0.3, -0.25) is 0 Å². The van der Waals surface area contributed by atoms with Crippen LogP contribution in [0.15, 0.2) is 24.3 Å². The largest absolute Gasteiger partial charge is 0.505 e. The summed E-state index contributed by atoms with van der Waals surface area (Å²) in [5, 5.41) is 8.29. The third kappa shape index (κ3) is 8.40. The zero-order chi connectivity index (χ0) is 14.6. The fourth-order valence-corrected chi connectivity index (χ4v) is 2.22. The average molecular weight is 279 g/mol. The summed E-state index contributed by atoms with van der Waals surface area (Å²) < 4.78 is 4.45. The lowest BCUT2D eigenvalue weighted by molar-refractivity contribution is 0.0899. The molecule has 0 amide bonds. The molecule has 0 spiro atoms. The van der Waals surface area contributed by atoms with E-state index in [4.69, 9.17) is 10.8 Å². The molecule has 1 aromatic carbocycles. The first-order chi connectivity index (χ1) is 9.68. The van der Waals surface area contributed by atoms with Gasteiger partial charge in [0.05, 0.1) is 6.61 Å². The quantitative estimate of drug-likeness (QED) is 0.382. The highest BCUT2D eigenvalue weighted by Crippen LogP contribution is 2.12. The van der Waals surface area contributed by atoms with Crippen LogP contribution in [0, 0.1) is 0 Å². The lowest BCUT2D eigenvalue weighted by atomic mass is 10.0. The molecule has 1 rings (SSSR count). The van der Waals surface area contributed by atoms with Gasteiger partial charge >= 0.3 is 6.16 Å². The Morgan fingerprint density at radius 3 is 2.35 bits per heavy atom. The van der Waals surface area contributed by atoms with Crippen LogP contribution < -0.4 is 5.73 Å². The highest BCUT2D eigenvalue weighted by molar-refractivity contribution is 5.56. The molecular formula is C16H25NO3. The normalized spacial score (nSPS) is 10.4. The lowest BCUT2D eigenvalue weighted by Crippen LogP contribution is -2.01. The zero-order valence-corrected chi connectivity index (χ0v) is 12.0. The highest BCUT2D eigenvalue weighted by atomic mass is 16.7. The number of unbranched alkanes of at least 4 members (excludes halogenated alkanes) is 6. The number of aryl methyl sites for hydroxylation is 1. The van der Waals surface area contributed by atoms with Gasteiger partial charge in [-0.15, -0.1) is 0 Å². The number of anilines is 1. The Bertz CT molecular complexity index is 393. The van der Waals surface area contributed by atoms with Crippen LogP contribution in [0.1, 0.15) is 50.5 Å². The maximum Gasteiger partial charge on any atom is 0.505 e.